The van der Waals surface area contributed by atoms with E-state index in [1.165, 1.54) is 44.0 Å². The average Bonchev–Trinajstić information content (AvgIpc) is 3.07. The molecule has 7 aromatic rings. The summed E-state index contributed by atoms with van der Waals surface area (Å²) in [7, 11) is 0. The third-order valence-electron chi connectivity index (χ3n) is 8.87. The summed E-state index contributed by atoms with van der Waals surface area (Å²) in [5.74, 6) is 0.360. The monoisotopic (exact) mass is 630 g/mol. The van der Waals surface area contributed by atoms with E-state index in [0.717, 1.165) is 33.6 Å². The molecule has 8 rings (SSSR count). The molecule has 0 aliphatic heterocycles. The van der Waals surface area contributed by atoms with Crippen molar-refractivity contribution in [3.63, 3.8) is 0 Å². The fraction of sp³-hybridized carbons (Fsp3) is 0.0732. The molecule has 1 atom stereocenters. The lowest BCUT2D eigenvalue weighted by atomic mass is 9.79. The molecular weight excluding hydrogens is 600 g/mol. The maximum atomic E-state index is 3.64. The van der Waals surface area contributed by atoms with Gasteiger partial charge in [0.15, 0.2) is 0 Å². The molecule has 0 heterocycles. The lowest BCUT2D eigenvalue weighted by Crippen LogP contribution is -2.17. The Hall–Kier alpha value is -4.86. The first-order valence-corrected chi connectivity index (χ1v) is 16.0. The second-order valence-electron chi connectivity index (χ2n) is 11.6. The minimum Gasteiger partial charge on any atom is -0.310 e. The van der Waals surface area contributed by atoms with Crippen LogP contribution in [-0.4, -0.2) is 0 Å². The van der Waals surface area contributed by atoms with E-state index >= 15 is 0 Å². The van der Waals surface area contributed by atoms with Gasteiger partial charge >= 0.3 is 0 Å². The molecule has 0 spiro atoms. The third kappa shape index (κ3) is 4.47. The van der Waals surface area contributed by atoms with E-state index in [-0.39, 0.29) is 0 Å². The van der Waals surface area contributed by atoms with Crippen molar-refractivity contribution in [2.24, 2.45) is 0 Å². The molecule has 0 aromatic heterocycles. The van der Waals surface area contributed by atoms with Gasteiger partial charge in [-0.05, 0) is 112 Å². The highest BCUT2D eigenvalue weighted by Gasteiger charge is 2.28. The third-order valence-corrected chi connectivity index (χ3v) is 9.40. The predicted octanol–water partition coefficient (Wildman–Crippen LogP) is 12.4. The van der Waals surface area contributed by atoms with Crippen LogP contribution in [0.1, 0.15) is 24.0 Å². The Labute approximate surface area is 266 Å². The SMILES string of the molecule is CC1Cc2ccc(N(c3ccccc3)c3ccccc3)c3ccc4ccc(N(c5ccccc5)c5ccc(Br)cc5)c1c4c23. The molecule has 0 saturated carbocycles. The fourth-order valence-electron chi connectivity index (χ4n) is 7.00. The predicted molar refractivity (Wildman–Crippen MR) is 191 cm³/mol. The number of hydrogen-bond donors (Lipinski definition) is 0. The number of rotatable bonds is 6. The molecule has 0 bridgehead atoms. The summed E-state index contributed by atoms with van der Waals surface area (Å²) < 4.78 is 1.08. The van der Waals surface area contributed by atoms with Gasteiger partial charge in [0.1, 0.15) is 0 Å². The van der Waals surface area contributed by atoms with Crippen molar-refractivity contribution < 1.29 is 0 Å². The van der Waals surface area contributed by atoms with Crippen LogP contribution in [-0.2, 0) is 6.42 Å². The van der Waals surface area contributed by atoms with E-state index in [4.69, 9.17) is 0 Å². The Morgan fingerprint density at radius 3 is 1.59 bits per heavy atom. The van der Waals surface area contributed by atoms with Crippen molar-refractivity contribution >= 4 is 71.6 Å². The van der Waals surface area contributed by atoms with Crippen LogP contribution >= 0.6 is 15.9 Å². The number of halogens is 1. The number of benzene rings is 7. The minimum absolute atomic E-state index is 0.360. The Kier molecular flexibility index (Phi) is 6.69. The minimum atomic E-state index is 0.360. The standard InChI is InChI=1S/C41H31BrN2/c1-28-27-30-19-25-37(43(32-11-5-2-6-12-32)33-13-7-3-8-14-33)36-24-17-29-18-26-38(39(28)41(29)40(30)36)44(34-15-9-4-10-16-34)35-22-20-31(42)21-23-35/h2-26,28H,27H2,1H3. The maximum Gasteiger partial charge on any atom is 0.0540 e. The first-order valence-electron chi connectivity index (χ1n) is 15.2. The Bertz CT molecular complexity index is 2070. The van der Waals surface area contributed by atoms with Crippen molar-refractivity contribution in [3.05, 3.63) is 167 Å². The maximum absolute atomic E-state index is 3.64. The van der Waals surface area contributed by atoms with Gasteiger partial charge in [-0.1, -0.05) is 102 Å². The van der Waals surface area contributed by atoms with Crippen LogP contribution in [0.15, 0.2) is 156 Å². The molecule has 0 amide bonds. The summed E-state index contributed by atoms with van der Waals surface area (Å²) in [5, 5.41) is 5.31. The van der Waals surface area contributed by atoms with Crippen molar-refractivity contribution in [2.75, 3.05) is 9.80 Å². The van der Waals surface area contributed by atoms with E-state index < -0.39 is 0 Å². The molecule has 2 nitrogen and oxygen atoms in total. The van der Waals surface area contributed by atoms with Crippen molar-refractivity contribution in [1.29, 1.82) is 0 Å². The molecule has 0 radical (unpaired) electrons. The van der Waals surface area contributed by atoms with Gasteiger partial charge in [-0.15, -0.1) is 0 Å². The van der Waals surface area contributed by atoms with Crippen LogP contribution in [0, 0.1) is 0 Å². The molecule has 0 saturated heterocycles. The molecule has 0 N–H and O–H groups in total. The van der Waals surface area contributed by atoms with Gasteiger partial charge in [0.05, 0.1) is 11.4 Å². The highest BCUT2D eigenvalue weighted by atomic mass is 79.9. The zero-order chi connectivity index (χ0) is 29.6. The zero-order valence-corrected chi connectivity index (χ0v) is 26.1. The second-order valence-corrected chi connectivity index (χ2v) is 12.5. The van der Waals surface area contributed by atoms with E-state index in [2.05, 4.69) is 184 Å². The molecule has 3 heteroatoms. The Morgan fingerprint density at radius 2 is 1.00 bits per heavy atom. The van der Waals surface area contributed by atoms with E-state index in [1.54, 1.807) is 0 Å². The summed E-state index contributed by atoms with van der Waals surface area (Å²) in [6, 6.07) is 54.8. The summed E-state index contributed by atoms with van der Waals surface area (Å²) >= 11 is 3.64. The highest BCUT2D eigenvalue weighted by Crippen LogP contribution is 2.50. The van der Waals surface area contributed by atoms with Gasteiger partial charge in [-0.2, -0.15) is 0 Å². The number of nitrogens with zero attached hydrogens (tertiary/aromatic N) is 2. The molecule has 7 aromatic carbocycles. The number of hydrogen-bond acceptors (Lipinski definition) is 2. The van der Waals surface area contributed by atoms with E-state index in [0.29, 0.717) is 5.92 Å². The molecule has 212 valence electrons. The molecule has 0 fully saturated rings. The van der Waals surface area contributed by atoms with Crippen molar-refractivity contribution in [2.45, 2.75) is 19.3 Å². The summed E-state index contributed by atoms with van der Waals surface area (Å²) in [6.45, 7) is 2.39. The fourth-order valence-corrected chi connectivity index (χ4v) is 7.27. The molecule has 1 unspecified atom stereocenters. The average molecular weight is 632 g/mol. The van der Waals surface area contributed by atoms with Gasteiger partial charge in [-0.3, -0.25) is 0 Å². The number of para-hydroxylation sites is 3. The van der Waals surface area contributed by atoms with Crippen LogP contribution in [0.4, 0.5) is 34.1 Å². The van der Waals surface area contributed by atoms with Gasteiger partial charge in [0.2, 0.25) is 0 Å². The largest absolute Gasteiger partial charge is 0.310 e. The van der Waals surface area contributed by atoms with Crippen molar-refractivity contribution in [3.8, 4) is 0 Å². The second kappa shape index (κ2) is 11.0. The topological polar surface area (TPSA) is 6.48 Å². The molecule has 1 aliphatic carbocycles. The van der Waals surface area contributed by atoms with E-state index in [1.807, 2.05) is 0 Å². The lowest BCUT2D eigenvalue weighted by molar-refractivity contribution is 0.763. The van der Waals surface area contributed by atoms with Gasteiger partial charge < -0.3 is 9.80 Å². The summed E-state index contributed by atoms with van der Waals surface area (Å²) in [4.78, 5) is 4.82. The van der Waals surface area contributed by atoms with Crippen LogP contribution in [0.5, 0.6) is 0 Å². The van der Waals surface area contributed by atoms with Crippen LogP contribution in [0.3, 0.4) is 0 Å². The Balaban J connectivity index is 1.42. The smallest absolute Gasteiger partial charge is 0.0540 e. The first kappa shape index (κ1) is 26.7. The molecule has 44 heavy (non-hydrogen) atoms. The van der Waals surface area contributed by atoms with Crippen LogP contribution in [0.2, 0.25) is 0 Å². The highest BCUT2D eigenvalue weighted by molar-refractivity contribution is 9.10. The lowest BCUT2D eigenvalue weighted by Gasteiger charge is -2.34. The quantitative estimate of drug-likeness (QED) is 0.169. The van der Waals surface area contributed by atoms with Gasteiger partial charge in [-0.25, -0.2) is 0 Å². The van der Waals surface area contributed by atoms with Gasteiger partial charge in [0, 0.05) is 32.6 Å². The summed E-state index contributed by atoms with van der Waals surface area (Å²) in [6.07, 6.45) is 1.000. The van der Waals surface area contributed by atoms with E-state index in [9.17, 15) is 0 Å². The zero-order valence-electron chi connectivity index (χ0n) is 24.5. The van der Waals surface area contributed by atoms with Gasteiger partial charge in [0.25, 0.3) is 0 Å². The van der Waals surface area contributed by atoms with Crippen LogP contribution in [0.25, 0.3) is 21.5 Å². The molecule has 1 aliphatic rings. The number of anilines is 6. The van der Waals surface area contributed by atoms with Crippen LogP contribution < -0.4 is 9.80 Å². The normalized spacial score (nSPS) is 13.8. The first-order chi connectivity index (χ1) is 21.7. The summed E-state index contributed by atoms with van der Waals surface area (Å²) in [5.41, 5.74) is 9.87. The molecular formula is C41H31BrN2. The van der Waals surface area contributed by atoms with Crippen molar-refractivity contribution in [1.82, 2.24) is 0 Å². The Morgan fingerprint density at radius 1 is 0.500 bits per heavy atom.